The zero-order valence-corrected chi connectivity index (χ0v) is 14.1. The quantitative estimate of drug-likeness (QED) is 0.693. The highest BCUT2D eigenvalue weighted by Gasteiger charge is 2.20. The van der Waals surface area contributed by atoms with Gasteiger partial charge in [0.25, 0.3) is 0 Å². The van der Waals surface area contributed by atoms with Crippen LogP contribution >= 0.6 is 0 Å². The highest BCUT2D eigenvalue weighted by Crippen LogP contribution is 2.10. The number of hydrogen-bond donors (Lipinski definition) is 0. The fraction of sp³-hybridized carbons (Fsp3) is 0.467. The molecule has 0 N–H and O–H groups in total. The van der Waals surface area contributed by atoms with Crippen LogP contribution < -0.4 is 4.74 Å². The Kier molecular flexibility index (Phi) is 6.12. The largest absolute Gasteiger partial charge is 0.492 e. The van der Waals surface area contributed by atoms with Gasteiger partial charge in [-0.05, 0) is 18.6 Å². The normalized spacial score (nSPS) is 11.8. The summed E-state index contributed by atoms with van der Waals surface area (Å²) in [5.41, 5.74) is 0. The SMILES string of the molecule is CCCc1nc(CN(C)S(=O)(=O)CCOc2ccccc2)no1. The van der Waals surface area contributed by atoms with Crippen LogP contribution in [0, 0.1) is 0 Å². The number of hydrogen-bond acceptors (Lipinski definition) is 6. The molecule has 2 aromatic rings. The van der Waals surface area contributed by atoms with Crippen molar-refractivity contribution in [3.8, 4) is 5.75 Å². The lowest BCUT2D eigenvalue weighted by Crippen LogP contribution is -2.31. The zero-order valence-electron chi connectivity index (χ0n) is 13.3. The highest BCUT2D eigenvalue weighted by atomic mass is 32.2. The fourth-order valence-electron chi connectivity index (χ4n) is 1.90. The van der Waals surface area contributed by atoms with E-state index in [0.29, 0.717) is 23.9 Å². The monoisotopic (exact) mass is 339 g/mol. The molecule has 2 rings (SSSR count). The second-order valence-corrected chi connectivity index (χ2v) is 7.28. The molecule has 1 aromatic carbocycles. The Labute approximate surface area is 136 Å². The number of para-hydroxylation sites is 1. The summed E-state index contributed by atoms with van der Waals surface area (Å²) in [6.07, 6.45) is 1.58. The van der Waals surface area contributed by atoms with E-state index in [4.69, 9.17) is 9.26 Å². The van der Waals surface area contributed by atoms with Gasteiger partial charge >= 0.3 is 0 Å². The Morgan fingerprint density at radius 1 is 1.26 bits per heavy atom. The van der Waals surface area contributed by atoms with E-state index in [1.54, 1.807) is 12.1 Å². The molecule has 0 spiro atoms. The van der Waals surface area contributed by atoms with Gasteiger partial charge in [0, 0.05) is 13.5 Å². The van der Waals surface area contributed by atoms with E-state index >= 15 is 0 Å². The first-order chi connectivity index (χ1) is 11.0. The molecule has 7 nitrogen and oxygen atoms in total. The summed E-state index contributed by atoms with van der Waals surface area (Å²) < 4.78 is 36.1. The van der Waals surface area contributed by atoms with Crippen LogP contribution in [0.3, 0.4) is 0 Å². The summed E-state index contributed by atoms with van der Waals surface area (Å²) in [5.74, 6) is 1.43. The van der Waals surface area contributed by atoms with E-state index in [1.807, 2.05) is 25.1 Å². The van der Waals surface area contributed by atoms with Crippen molar-refractivity contribution in [2.75, 3.05) is 19.4 Å². The van der Waals surface area contributed by atoms with Gasteiger partial charge in [0.15, 0.2) is 5.82 Å². The molecule has 1 heterocycles. The van der Waals surface area contributed by atoms with E-state index in [0.717, 1.165) is 6.42 Å². The van der Waals surface area contributed by atoms with Gasteiger partial charge in [-0.1, -0.05) is 30.3 Å². The van der Waals surface area contributed by atoms with Crippen LogP contribution in [0.2, 0.25) is 0 Å². The van der Waals surface area contributed by atoms with E-state index in [9.17, 15) is 8.42 Å². The average Bonchev–Trinajstić information content (AvgIpc) is 2.96. The molecule has 8 heteroatoms. The fourth-order valence-corrected chi connectivity index (χ4v) is 2.82. The lowest BCUT2D eigenvalue weighted by Gasteiger charge is -2.15. The molecule has 1 aromatic heterocycles. The molecule has 0 radical (unpaired) electrons. The van der Waals surface area contributed by atoms with Gasteiger partial charge in [0.1, 0.15) is 12.4 Å². The number of aryl methyl sites for hydroxylation is 1. The topological polar surface area (TPSA) is 85.5 Å². The highest BCUT2D eigenvalue weighted by molar-refractivity contribution is 7.89. The molecule has 0 aliphatic rings. The minimum Gasteiger partial charge on any atom is -0.492 e. The molecule has 0 atom stereocenters. The van der Waals surface area contributed by atoms with Gasteiger partial charge in [-0.2, -0.15) is 9.29 Å². The maximum Gasteiger partial charge on any atom is 0.226 e. The van der Waals surface area contributed by atoms with Crippen LogP contribution in [0.1, 0.15) is 25.1 Å². The van der Waals surface area contributed by atoms with E-state index in [1.165, 1.54) is 11.4 Å². The summed E-state index contributed by atoms with van der Waals surface area (Å²) in [6.45, 7) is 2.18. The first-order valence-electron chi connectivity index (χ1n) is 7.44. The molecule has 0 aliphatic carbocycles. The van der Waals surface area contributed by atoms with Crippen LogP contribution in [0.4, 0.5) is 0 Å². The summed E-state index contributed by atoms with van der Waals surface area (Å²) in [5, 5.41) is 3.79. The third-order valence-electron chi connectivity index (χ3n) is 3.17. The van der Waals surface area contributed by atoms with Gasteiger partial charge in [-0.15, -0.1) is 0 Å². The van der Waals surface area contributed by atoms with Crippen molar-refractivity contribution in [1.29, 1.82) is 0 Å². The minimum atomic E-state index is -3.44. The second-order valence-electron chi connectivity index (χ2n) is 5.09. The van der Waals surface area contributed by atoms with Crippen molar-refractivity contribution >= 4 is 10.0 Å². The predicted molar refractivity (Wildman–Crippen MR) is 85.5 cm³/mol. The molecule has 0 aliphatic heterocycles. The van der Waals surface area contributed by atoms with E-state index in [2.05, 4.69) is 10.1 Å². The Morgan fingerprint density at radius 3 is 2.70 bits per heavy atom. The number of rotatable bonds is 9. The summed E-state index contributed by atoms with van der Waals surface area (Å²) in [4.78, 5) is 4.17. The number of nitrogens with zero attached hydrogens (tertiary/aromatic N) is 3. The zero-order chi connectivity index (χ0) is 16.7. The summed E-state index contributed by atoms with van der Waals surface area (Å²) in [6, 6.07) is 9.10. The number of sulfonamides is 1. The van der Waals surface area contributed by atoms with Crippen molar-refractivity contribution in [1.82, 2.24) is 14.4 Å². The maximum absolute atomic E-state index is 12.2. The standard InChI is InChI=1S/C15H21N3O4S/c1-3-7-15-16-14(17-22-15)12-18(2)23(19,20)11-10-21-13-8-5-4-6-9-13/h4-6,8-9H,3,7,10-12H2,1-2H3. The minimum absolute atomic E-state index is 0.0842. The van der Waals surface area contributed by atoms with Crippen LogP contribution in [0.5, 0.6) is 5.75 Å². The molecule has 0 saturated carbocycles. The summed E-state index contributed by atoms with van der Waals surface area (Å²) >= 11 is 0. The maximum atomic E-state index is 12.2. The van der Waals surface area contributed by atoms with Crippen LogP contribution in [-0.4, -0.2) is 42.3 Å². The molecule has 0 fully saturated rings. The Balaban J connectivity index is 1.85. The third kappa shape index (κ3) is 5.33. The first kappa shape index (κ1) is 17.4. The van der Waals surface area contributed by atoms with E-state index < -0.39 is 10.0 Å². The molecule has 23 heavy (non-hydrogen) atoms. The predicted octanol–water partition coefficient (Wildman–Crippen LogP) is 1.86. The molecule has 0 unspecified atom stereocenters. The van der Waals surface area contributed by atoms with Crippen molar-refractivity contribution in [2.24, 2.45) is 0 Å². The summed E-state index contributed by atoms with van der Waals surface area (Å²) in [7, 11) is -1.95. The van der Waals surface area contributed by atoms with Gasteiger partial charge in [0.05, 0.1) is 12.3 Å². The van der Waals surface area contributed by atoms with Crippen LogP contribution in [0.15, 0.2) is 34.9 Å². The number of benzene rings is 1. The Bertz CT molecular complexity index is 701. The van der Waals surface area contributed by atoms with Gasteiger partial charge in [0.2, 0.25) is 15.9 Å². The lowest BCUT2D eigenvalue weighted by molar-refractivity contribution is 0.335. The number of ether oxygens (including phenoxy) is 1. The molecular formula is C15H21N3O4S. The molecule has 0 saturated heterocycles. The van der Waals surface area contributed by atoms with Crippen molar-refractivity contribution in [3.05, 3.63) is 42.0 Å². The van der Waals surface area contributed by atoms with Gasteiger partial charge in [-0.3, -0.25) is 0 Å². The lowest BCUT2D eigenvalue weighted by atomic mass is 10.3. The van der Waals surface area contributed by atoms with Crippen LogP contribution in [0.25, 0.3) is 0 Å². The molecular weight excluding hydrogens is 318 g/mol. The average molecular weight is 339 g/mol. The number of aromatic nitrogens is 2. The Morgan fingerprint density at radius 2 is 2.00 bits per heavy atom. The van der Waals surface area contributed by atoms with E-state index in [-0.39, 0.29) is 18.9 Å². The smallest absolute Gasteiger partial charge is 0.226 e. The second kappa shape index (κ2) is 8.07. The molecule has 0 amide bonds. The van der Waals surface area contributed by atoms with Crippen molar-refractivity contribution in [3.63, 3.8) is 0 Å². The third-order valence-corrected chi connectivity index (χ3v) is 4.93. The van der Waals surface area contributed by atoms with Gasteiger partial charge < -0.3 is 9.26 Å². The molecule has 126 valence electrons. The first-order valence-corrected chi connectivity index (χ1v) is 9.05. The van der Waals surface area contributed by atoms with Crippen LogP contribution in [-0.2, 0) is 23.0 Å². The van der Waals surface area contributed by atoms with Gasteiger partial charge in [-0.25, -0.2) is 8.42 Å². The Hall–Kier alpha value is -1.93. The van der Waals surface area contributed by atoms with Crippen molar-refractivity contribution < 1.29 is 17.7 Å². The molecule has 0 bridgehead atoms. The van der Waals surface area contributed by atoms with Crippen molar-refractivity contribution in [2.45, 2.75) is 26.3 Å².